The first-order chi connectivity index (χ1) is 9.99. The summed E-state index contributed by atoms with van der Waals surface area (Å²) in [5.41, 5.74) is 0.349. The van der Waals surface area contributed by atoms with Crippen molar-refractivity contribution in [3.8, 4) is 0 Å². The highest BCUT2D eigenvalue weighted by atomic mass is 32.2. The van der Waals surface area contributed by atoms with Crippen LogP contribution in [0.3, 0.4) is 0 Å². The summed E-state index contributed by atoms with van der Waals surface area (Å²) in [6, 6.07) is 1.73. The molecule has 2 rings (SSSR count). The van der Waals surface area contributed by atoms with Gasteiger partial charge in [0.2, 0.25) is 5.91 Å². The normalized spacial score (nSPS) is 10.7. The van der Waals surface area contributed by atoms with Crippen molar-refractivity contribution in [2.24, 2.45) is 0 Å². The molecule has 2 aromatic heterocycles. The van der Waals surface area contributed by atoms with E-state index in [1.165, 1.54) is 22.8 Å². The van der Waals surface area contributed by atoms with Crippen LogP contribution in [0.2, 0.25) is 0 Å². The van der Waals surface area contributed by atoms with Crippen LogP contribution in [0.1, 0.15) is 6.92 Å². The van der Waals surface area contributed by atoms with E-state index in [2.05, 4.69) is 10.3 Å². The smallest absolute Gasteiger partial charge is 0.313 e. The average molecular weight is 327 g/mol. The summed E-state index contributed by atoms with van der Waals surface area (Å²) in [4.78, 5) is 38.3. The monoisotopic (exact) mass is 327 g/mol. The zero-order valence-electron chi connectivity index (χ0n) is 11.2. The van der Waals surface area contributed by atoms with Gasteiger partial charge >= 0.3 is 5.97 Å². The van der Waals surface area contributed by atoms with Gasteiger partial charge in [0.1, 0.15) is 4.70 Å². The minimum Gasteiger partial charge on any atom is -0.481 e. The van der Waals surface area contributed by atoms with Gasteiger partial charge in [-0.25, -0.2) is 4.98 Å². The SMILES string of the molecule is CC(=O)NCCn1c(SCC(=O)O)nc2ccsc2c1=O. The van der Waals surface area contributed by atoms with E-state index in [9.17, 15) is 14.4 Å². The average Bonchev–Trinajstić information content (AvgIpc) is 2.87. The summed E-state index contributed by atoms with van der Waals surface area (Å²) < 4.78 is 1.93. The summed E-state index contributed by atoms with van der Waals surface area (Å²) in [6.45, 7) is 1.93. The van der Waals surface area contributed by atoms with Crippen LogP contribution in [-0.4, -0.2) is 38.8 Å². The van der Waals surface area contributed by atoms with Crippen molar-refractivity contribution in [2.75, 3.05) is 12.3 Å². The number of carbonyl (C=O) groups is 2. The van der Waals surface area contributed by atoms with E-state index in [1.807, 2.05) is 0 Å². The molecule has 0 atom stereocenters. The number of aromatic nitrogens is 2. The Balaban J connectivity index is 2.34. The van der Waals surface area contributed by atoms with Crippen LogP contribution in [0.25, 0.3) is 10.2 Å². The van der Waals surface area contributed by atoms with E-state index in [0.717, 1.165) is 11.8 Å². The molecule has 9 heteroatoms. The zero-order chi connectivity index (χ0) is 15.4. The second-order valence-corrected chi connectivity index (χ2v) is 6.01. The van der Waals surface area contributed by atoms with Crippen LogP contribution >= 0.6 is 23.1 Å². The Kier molecular flexibility index (Phi) is 4.97. The molecule has 0 saturated heterocycles. The van der Waals surface area contributed by atoms with Crippen molar-refractivity contribution >= 4 is 45.2 Å². The number of hydrogen-bond donors (Lipinski definition) is 2. The Hall–Kier alpha value is -1.87. The second-order valence-electron chi connectivity index (χ2n) is 4.15. The molecule has 0 aromatic carbocycles. The van der Waals surface area contributed by atoms with Crippen molar-refractivity contribution in [1.29, 1.82) is 0 Å². The van der Waals surface area contributed by atoms with Gasteiger partial charge in [-0.05, 0) is 11.4 Å². The predicted octanol–water partition coefficient (Wildman–Crippen LogP) is 0.771. The van der Waals surface area contributed by atoms with E-state index in [0.29, 0.717) is 15.4 Å². The quantitative estimate of drug-likeness (QED) is 0.600. The summed E-state index contributed by atoms with van der Waals surface area (Å²) in [5.74, 6) is -1.34. The standard InChI is InChI=1S/C12H13N3O4S2/c1-7(16)13-3-4-15-11(19)10-8(2-5-20-10)14-12(15)21-6-9(17)18/h2,5H,3-4,6H2,1H3,(H,13,16)(H,17,18). The first-order valence-corrected chi connectivity index (χ1v) is 7.92. The van der Waals surface area contributed by atoms with Gasteiger partial charge in [0.15, 0.2) is 5.16 Å². The Morgan fingerprint density at radius 3 is 2.95 bits per heavy atom. The van der Waals surface area contributed by atoms with Gasteiger partial charge in [0.25, 0.3) is 5.56 Å². The summed E-state index contributed by atoms with van der Waals surface area (Å²) in [6.07, 6.45) is 0. The van der Waals surface area contributed by atoms with Crippen LogP contribution in [-0.2, 0) is 16.1 Å². The molecule has 0 saturated carbocycles. The number of carboxylic acids is 1. The largest absolute Gasteiger partial charge is 0.481 e. The summed E-state index contributed by atoms with van der Waals surface area (Å²) >= 11 is 2.28. The molecule has 0 aliphatic heterocycles. The fourth-order valence-electron chi connectivity index (χ4n) is 1.70. The Labute approximate surface area is 128 Å². The maximum atomic E-state index is 12.4. The van der Waals surface area contributed by atoms with Gasteiger partial charge in [-0.1, -0.05) is 11.8 Å². The van der Waals surface area contributed by atoms with Gasteiger partial charge in [-0.2, -0.15) is 0 Å². The maximum absolute atomic E-state index is 12.4. The number of aliphatic carboxylic acids is 1. The van der Waals surface area contributed by atoms with Crippen molar-refractivity contribution in [3.05, 3.63) is 21.8 Å². The molecule has 0 aliphatic carbocycles. The molecule has 21 heavy (non-hydrogen) atoms. The molecule has 2 heterocycles. The number of nitrogens with zero attached hydrogens (tertiary/aromatic N) is 2. The fourth-order valence-corrected chi connectivity index (χ4v) is 3.22. The number of nitrogens with one attached hydrogen (secondary N) is 1. The molecular weight excluding hydrogens is 314 g/mol. The van der Waals surface area contributed by atoms with Crippen molar-refractivity contribution in [3.63, 3.8) is 0 Å². The van der Waals surface area contributed by atoms with E-state index >= 15 is 0 Å². The van der Waals surface area contributed by atoms with Crippen LogP contribution in [0.4, 0.5) is 0 Å². The van der Waals surface area contributed by atoms with Crippen molar-refractivity contribution < 1.29 is 14.7 Å². The molecule has 0 unspecified atom stereocenters. The highest BCUT2D eigenvalue weighted by molar-refractivity contribution is 7.99. The second kappa shape index (κ2) is 6.72. The molecular formula is C12H13N3O4S2. The number of thiophene rings is 1. The van der Waals surface area contributed by atoms with Crippen molar-refractivity contribution in [2.45, 2.75) is 18.6 Å². The number of fused-ring (bicyclic) bond motifs is 1. The molecule has 1 amide bonds. The van der Waals surface area contributed by atoms with E-state index in [4.69, 9.17) is 5.11 Å². The maximum Gasteiger partial charge on any atom is 0.313 e. The van der Waals surface area contributed by atoms with Crippen LogP contribution in [0, 0.1) is 0 Å². The lowest BCUT2D eigenvalue weighted by atomic mass is 10.4. The third kappa shape index (κ3) is 3.82. The van der Waals surface area contributed by atoms with Crippen LogP contribution < -0.4 is 10.9 Å². The lowest BCUT2D eigenvalue weighted by molar-refractivity contribution is -0.133. The predicted molar refractivity (Wildman–Crippen MR) is 80.9 cm³/mol. The number of hydrogen-bond acceptors (Lipinski definition) is 6. The number of rotatable bonds is 6. The molecule has 112 valence electrons. The van der Waals surface area contributed by atoms with E-state index < -0.39 is 5.97 Å². The molecule has 0 bridgehead atoms. The third-order valence-corrected chi connectivity index (χ3v) is 4.42. The number of carboxylic acid groups (broad SMARTS) is 1. The minimum absolute atomic E-state index is 0.178. The number of thioether (sulfide) groups is 1. The lowest BCUT2D eigenvalue weighted by Gasteiger charge is -2.11. The lowest BCUT2D eigenvalue weighted by Crippen LogP contribution is -2.30. The van der Waals surface area contributed by atoms with Crippen molar-refractivity contribution in [1.82, 2.24) is 14.9 Å². The minimum atomic E-state index is -0.979. The first kappa shape index (κ1) is 15.5. The van der Waals surface area contributed by atoms with Gasteiger partial charge in [-0.15, -0.1) is 11.3 Å². The van der Waals surface area contributed by atoms with E-state index in [1.54, 1.807) is 11.4 Å². The first-order valence-electron chi connectivity index (χ1n) is 6.06. The molecule has 0 spiro atoms. The Morgan fingerprint density at radius 2 is 2.29 bits per heavy atom. The topological polar surface area (TPSA) is 101 Å². The molecule has 0 radical (unpaired) electrons. The number of carbonyl (C=O) groups excluding carboxylic acids is 1. The van der Waals surface area contributed by atoms with Gasteiger partial charge < -0.3 is 10.4 Å². The number of amides is 1. The summed E-state index contributed by atoms with van der Waals surface area (Å²) in [7, 11) is 0. The zero-order valence-corrected chi connectivity index (χ0v) is 12.8. The fraction of sp³-hybridized carbons (Fsp3) is 0.333. The third-order valence-electron chi connectivity index (χ3n) is 2.56. The van der Waals surface area contributed by atoms with Crippen LogP contribution in [0.15, 0.2) is 21.4 Å². The molecule has 0 fully saturated rings. The summed E-state index contributed by atoms with van der Waals surface area (Å²) in [5, 5.41) is 13.5. The molecule has 2 aromatic rings. The highest BCUT2D eigenvalue weighted by Gasteiger charge is 2.13. The molecule has 2 N–H and O–H groups in total. The Bertz CT molecular complexity index is 738. The molecule has 7 nitrogen and oxygen atoms in total. The van der Waals surface area contributed by atoms with Crippen LogP contribution in [0.5, 0.6) is 0 Å². The molecule has 0 aliphatic rings. The van der Waals surface area contributed by atoms with Gasteiger partial charge in [0, 0.05) is 20.0 Å². The van der Waals surface area contributed by atoms with E-state index in [-0.39, 0.29) is 30.3 Å². The van der Waals surface area contributed by atoms with Gasteiger partial charge in [-0.3, -0.25) is 19.0 Å². The van der Waals surface area contributed by atoms with Gasteiger partial charge in [0.05, 0.1) is 11.3 Å². The highest BCUT2D eigenvalue weighted by Crippen LogP contribution is 2.20. The Morgan fingerprint density at radius 1 is 1.52 bits per heavy atom.